The Morgan fingerprint density at radius 1 is 1.30 bits per heavy atom. The van der Waals surface area contributed by atoms with Crippen molar-refractivity contribution in [1.82, 2.24) is 20.4 Å². The first-order chi connectivity index (χ1) is 12.9. The smallest absolute Gasteiger partial charge is 0.315 e. The molecule has 0 bridgehead atoms. The highest BCUT2D eigenvalue weighted by Crippen LogP contribution is 2.24. The molecule has 0 saturated heterocycles. The highest BCUT2D eigenvalue weighted by Gasteiger charge is 2.27. The van der Waals surface area contributed by atoms with Crippen LogP contribution >= 0.6 is 0 Å². The molecule has 3 rings (SSSR count). The van der Waals surface area contributed by atoms with Crippen LogP contribution in [0.25, 0.3) is 5.69 Å². The topological polar surface area (TPSA) is 96.3 Å². The Morgan fingerprint density at radius 2 is 2.04 bits per heavy atom. The van der Waals surface area contributed by atoms with Crippen LogP contribution in [0.1, 0.15) is 44.2 Å². The summed E-state index contributed by atoms with van der Waals surface area (Å²) in [7, 11) is 0. The Hall–Kier alpha value is -2.90. The zero-order valence-corrected chi connectivity index (χ0v) is 15.1. The Balaban J connectivity index is 1.54. The van der Waals surface area contributed by atoms with Gasteiger partial charge in [-0.3, -0.25) is 4.79 Å². The fraction of sp³-hybridized carbons (Fsp3) is 0.421. The Labute approximate surface area is 156 Å². The SMILES string of the molecule is C[C@@H](NC(=O)NC1CCC(C(=O)O)CC1)c1ccc(-n2cccn2)c(F)c1. The summed E-state index contributed by atoms with van der Waals surface area (Å²) in [4.78, 5) is 23.2. The van der Waals surface area contributed by atoms with Crippen molar-refractivity contribution in [2.75, 3.05) is 0 Å². The number of halogens is 1. The molecular formula is C19H23FN4O3. The summed E-state index contributed by atoms with van der Waals surface area (Å²) in [5.41, 5.74) is 0.990. The van der Waals surface area contributed by atoms with E-state index in [0.29, 0.717) is 36.9 Å². The lowest BCUT2D eigenvalue weighted by Gasteiger charge is -2.27. The first-order valence-electron chi connectivity index (χ1n) is 9.03. The van der Waals surface area contributed by atoms with E-state index in [1.54, 1.807) is 37.5 Å². The minimum absolute atomic E-state index is 0.0354. The zero-order valence-electron chi connectivity index (χ0n) is 15.1. The standard InChI is InChI=1S/C19H23FN4O3/c1-12(14-5-8-17(16(20)11-14)24-10-2-9-21-24)22-19(27)23-15-6-3-13(4-7-15)18(25)26/h2,5,8-13,15H,3-4,6-7H2,1H3,(H,25,26)(H2,22,23,27)/t12-,13?,15?/m1/s1. The second kappa shape index (κ2) is 8.20. The summed E-state index contributed by atoms with van der Waals surface area (Å²) in [5, 5.41) is 18.7. The van der Waals surface area contributed by atoms with Gasteiger partial charge in [-0.25, -0.2) is 13.9 Å². The highest BCUT2D eigenvalue weighted by molar-refractivity contribution is 5.75. The molecule has 1 atom stereocenters. The second-order valence-corrected chi connectivity index (χ2v) is 6.89. The number of carbonyl (C=O) groups is 2. The van der Waals surface area contributed by atoms with Crippen molar-refractivity contribution in [2.45, 2.75) is 44.7 Å². The van der Waals surface area contributed by atoms with Crippen LogP contribution in [0.5, 0.6) is 0 Å². The van der Waals surface area contributed by atoms with E-state index in [1.165, 1.54) is 10.7 Å². The monoisotopic (exact) mass is 374 g/mol. The van der Waals surface area contributed by atoms with Gasteiger partial charge >= 0.3 is 12.0 Å². The number of urea groups is 1. The van der Waals surface area contributed by atoms with E-state index >= 15 is 0 Å². The van der Waals surface area contributed by atoms with Crippen LogP contribution in [0.4, 0.5) is 9.18 Å². The van der Waals surface area contributed by atoms with Gasteiger partial charge in [0, 0.05) is 18.4 Å². The number of hydrogen-bond donors (Lipinski definition) is 3. The summed E-state index contributed by atoms with van der Waals surface area (Å²) in [6, 6.07) is 5.74. The number of aliphatic carboxylic acids is 1. The first kappa shape index (κ1) is 18.9. The average molecular weight is 374 g/mol. The van der Waals surface area contributed by atoms with Crippen LogP contribution in [0.15, 0.2) is 36.7 Å². The van der Waals surface area contributed by atoms with Crippen molar-refractivity contribution in [3.8, 4) is 5.69 Å². The molecule has 1 aliphatic carbocycles. The van der Waals surface area contributed by atoms with Crippen molar-refractivity contribution >= 4 is 12.0 Å². The predicted molar refractivity (Wildman–Crippen MR) is 97.0 cm³/mol. The molecule has 1 saturated carbocycles. The minimum atomic E-state index is -0.771. The summed E-state index contributed by atoms with van der Waals surface area (Å²) >= 11 is 0. The minimum Gasteiger partial charge on any atom is -0.481 e. The van der Waals surface area contributed by atoms with Gasteiger partial charge in [-0.1, -0.05) is 6.07 Å². The predicted octanol–water partition coefficient (Wildman–Crippen LogP) is 3.02. The van der Waals surface area contributed by atoms with Crippen molar-refractivity contribution < 1.29 is 19.1 Å². The summed E-state index contributed by atoms with van der Waals surface area (Å²) < 4.78 is 15.8. The maximum absolute atomic E-state index is 14.3. The molecule has 0 spiro atoms. The summed E-state index contributed by atoms with van der Waals surface area (Å²) in [6.07, 6.45) is 5.65. The number of carboxylic acids is 1. The fourth-order valence-corrected chi connectivity index (χ4v) is 3.38. The van der Waals surface area contributed by atoms with Crippen molar-refractivity contribution in [3.05, 3.63) is 48.0 Å². The largest absolute Gasteiger partial charge is 0.481 e. The fourth-order valence-electron chi connectivity index (χ4n) is 3.38. The number of benzene rings is 1. The third-order valence-corrected chi connectivity index (χ3v) is 4.98. The van der Waals surface area contributed by atoms with Gasteiger partial charge < -0.3 is 15.7 Å². The van der Waals surface area contributed by atoms with Gasteiger partial charge in [-0.15, -0.1) is 0 Å². The number of nitrogens with one attached hydrogen (secondary N) is 2. The molecule has 1 heterocycles. The van der Waals surface area contributed by atoms with Crippen LogP contribution in [-0.2, 0) is 4.79 Å². The number of amides is 2. The van der Waals surface area contributed by atoms with Crippen LogP contribution < -0.4 is 10.6 Å². The molecule has 144 valence electrons. The molecule has 1 aliphatic rings. The normalized spacial score (nSPS) is 20.7. The molecule has 1 aromatic heterocycles. The van der Waals surface area contributed by atoms with Gasteiger partial charge in [-0.2, -0.15) is 5.10 Å². The molecule has 7 nitrogen and oxygen atoms in total. The van der Waals surface area contributed by atoms with E-state index in [2.05, 4.69) is 15.7 Å². The quantitative estimate of drug-likeness (QED) is 0.749. The number of aromatic nitrogens is 2. The Morgan fingerprint density at radius 3 is 2.63 bits per heavy atom. The van der Waals surface area contributed by atoms with Crippen molar-refractivity contribution in [2.24, 2.45) is 5.92 Å². The van der Waals surface area contributed by atoms with E-state index in [9.17, 15) is 14.0 Å². The van der Waals surface area contributed by atoms with Crippen molar-refractivity contribution in [3.63, 3.8) is 0 Å². The molecular weight excluding hydrogens is 351 g/mol. The van der Waals surface area contributed by atoms with E-state index < -0.39 is 11.8 Å². The van der Waals surface area contributed by atoms with Crippen molar-refractivity contribution in [1.29, 1.82) is 0 Å². The third kappa shape index (κ3) is 4.64. The molecule has 1 fully saturated rings. The lowest BCUT2D eigenvalue weighted by Crippen LogP contribution is -2.44. The van der Waals surface area contributed by atoms with Crippen LogP contribution in [0.2, 0.25) is 0 Å². The molecule has 0 aliphatic heterocycles. The Bertz CT molecular complexity index is 801. The van der Waals surface area contributed by atoms with Gasteiger partial charge in [-0.05, 0) is 56.4 Å². The molecule has 2 amide bonds. The molecule has 1 aromatic carbocycles. The average Bonchev–Trinajstić information content (AvgIpc) is 3.16. The van der Waals surface area contributed by atoms with E-state index in [-0.39, 0.29) is 24.0 Å². The van der Waals surface area contributed by atoms with E-state index in [0.717, 1.165) is 0 Å². The molecule has 0 unspecified atom stereocenters. The number of carboxylic acid groups (broad SMARTS) is 1. The summed E-state index contributed by atoms with van der Waals surface area (Å²) in [5.74, 6) is -1.51. The number of hydrogen-bond acceptors (Lipinski definition) is 3. The first-order valence-corrected chi connectivity index (χ1v) is 9.03. The number of rotatable bonds is 5. The maximum Gasteiger partial charge on any atom is 0.315 e. The summed E-state index contributed by atoms with van der Waals surface area (Å²) in [6.45, 7) is 1.78. The van der Waals surface area contributed by atoms with Gasteiger partial charge in [0.1, 0.15) is 11.5 Å². The molecule has 0 radical (unpaired) electrons. The lowest BCUT2D eigenvalue weighted by molar-refractivity contribution is -0.142. The van der Waals surface area contributed by atoms with Gasteiger partial charge in [0.05, 0.1) is 12.0 Å². The van der Waals surface area contributed by atoms with Gasteiger partial charge in [0.25, 0.3) is 0 Å². The van der Waals surface area contributed by atoms with E-state index in [4.69, 9.17) is 5.11 Å². The molecule has 2 aromatic rings. The maximum atomic E-state index is 14.3. The van der Waals surface area contributed by atoms with Crippen LogP contribution in [0, 0.1) is 11.7 Å². The van der Waals surface area contributed by atoms with Gasteiger partial charge in [0.15, 0.2) is 0 Å². The second-order valence-electron chi connectivity index (χ2n) is 6.89. The molecule has 27 heavy (non-hydrogen) atoms. The lowest BCUT2D eigenvalue weighted by atomic mass is 9.86. The van der Waals surface area contributed by atoms with Gasteiger partial charge in [0.2, 0.25) is 0 Å². The zero-order chi connectivity index (χ0) is 19.4. The van der Waals surface area contributed by atoms with Crippen LogP contribution in [0.3, 0.4) is 0 Å². The highest BCUT2D eigenvalue weighted by atomic mass is 19.1. The molecule has 3 N–H and O–H groups in total. The van der Waals surface area contributed by atoms with E-state index in [1.807, 2.05) is 0 Å². The Kier molecular flexibility index (Phi) is 5.73. The number of carbonyl (C=O) groups excluding carboxylic acids is 1. The number of nitrogens with zero attached hydrogens (tertiary/aromatic N) is 2. The van der Waals surface area contributed by atoms with Crippen LogP contribution in [-0.4, -0.2) is 32.9 Å². The third-order valence-electron chi connectivity index (χ3n) is 4.98. The molecule has 8 heteroatoms.